The van der Waals surface area contributed by atoms with Gasteiger partial charge in [0.1, 0.15) is 17.1 Å². The number of rotatable bonds is 25. The Balaban J connectivity index is 0.788. The molecule has 0 saturated heterocycles. The van der Waals surface area contributed by atoms with Crippen LogP contribution in [0.4, 0.5) is 0 Å². The van der Waals surface area contributed by atoms with Crippen molar-refractivity contribution in [1.29, 1.82) is 0 Å². The van der Waals surface area contributed by atoms with Crippen LogP contribution >= 0.6 is 0 Å². The van der Waals surface area contributed by atoms with Crippen molar-refractivity contribution in [3.8, 4) is 11.5 Å². The normalized spacial score (nSPS) is 27.3. The van der Waals surface area contributed by atoms with Gasteiger partial charge >= 0.3 is 0 Å². The summed E-state index contributed by atoms with van der Waals surface area (Å²) in [6, 6.07) is 26.6. The summed E-state index contributed by atoms with van der Waals surface area (Å²) in [5.74, 6) is 6.98. The van der Waals surface area contributed by atoms with Crippen LogP contribution in [0, 0.1) is 46.3 Å². The summed E-state index contributed by atoms with van der Waals surface area (Å²) in [5, 5.41) is 11.1. The quantitative estimate of drug-likeness (QED) is 0.0522. The predicted molar refractivity (Wildman–Crippen MR) is 269 cm³/mol. The van der Waals surface area contributed by atoms with Crippen molar-refractivity contribution in [2.45, 2.75) is 181 Å². The second kappa shape index (κ2) is 23.3. The highest BCUT2D eigenvalue weighted by Gasteiger charge is 2.59. The number of hydrogen-bond donors (Lipinski definition) is 1. The van der Waals surface area contributed by atoms with Crippen molar-refractivity contribution in [2.24, 2.45) is 46.3 Å². The molecule has 5 nitrogen and oxygen atoms in total. The fourth-order valence-corrected chi connectivity index (χ4v) is 14.0. The summed E-state index contributed by atoms with van der Waals surface area (Å²) in [5.41, 5.74) is 4.92. The van der Waals surface area contributed by atoms with Gasteiger partial charge in [-0.2, -0.15) is 0 Å². The molecule has 3 fully saturated rings. The third kappa shape index (κ3) is 11.6. The molecule has 0 spiro atoms. The first-order valence-electron chi connectivity index (χ1n) is 26.5. The van der Waals surface area contributed by atoms with E-state index < -0.39 is 11.7 Å². The standard InChI is InChI=1S/C60H88O5/c1-44(2)19-18-20-45(3)55-34-35-56-54-33-28-49-43-53(36-39-58(49,4)57(54)37-40-59(55,56)5)64-41-17-12-10-8-9-11-16-23-50(61)38-42-65-60(46-21-14-13-15-22-46,47-24-29-51(62-6)30-25-47)48-26-31-52(63-7)32-27-48/h13-15,21-22,24-32,44-45,50,53-57,61H,8-12,16-20,23,33-43H2,1-7H3/t45-,50?,53+,54+,55-,56+,57+,58+,59-/m1/s1. The molecule has 3 aromatic rings. The molecule has 0 aliphatic heterocycles. The van der Waals surface area contributed by atoms with Crippen LogP contribution in [0.5, 0.6) is 11.5 Å². The minimum Gasteiger partial charge on any atom is -0.497 e. The molecule has 1 unspecified atom stereocenters. The number of hydrogen-bond acceptors (Lipinski definition) is 5. The maximum atomic E-state index is 11.1. The Labute approximate surface area is 395 Å². The Morgan fingerprint density at radius 2 is 1.26 bits per heavy atom. The van der Waals surface area contributed by atoms with Gasteiger partial charge in [-0.05, 0) is 158 Å². The number of aliphatic hydroxyl groups is 1. The van der Waals surface area contributed by atoms with Crippen molar-refractivity contribution in [3.63, 3.8) is 0 Å². The topological polar surface area (TPSA) is 57.2 Å². The van der Waals surface area contributed by atoms with E-state index in [1.54, 1.807) is 19.8 Å². The fraction of sp³-hybridized carbons (Fsp3) is 0.667. The lowest BCUT2D eigenvalue weighted by atomic mass is 9.47. The monoisotopic (exact) mass is 889 g/mol. The van der Waals surface area contributed by atoms with Crippen molar-refractivity contribution in [3.05, 3.63) is 107 Å². The van der Waals surface area contributed by atoms with E-state index in [-0.39, 0.29) is 0 Å². The maximum absolute atomic E-state index is 11.1. The summed E-state index contributed by atoms with van der Waals surface area (Å²) in [6.07, 6.45) is 27.7. The van der Waals surface area contributed by atoms with Gasteiger partial charge in [0.2, 0.25) is 0 Å². The summed E-state index contributed by atoms with van der Waals surface area (Å²) >= 11 is 0. The number of allylic oxidation sites excluding steroid dienone is 1. The van der Waals surface area contributed by atoms with Crippen molar-refractivity contribution in [2.75, 3.05) is 27.4 Å². The highest BCUT2D eigenvalue weighted by Crippen LogP contribution is 2.67. The molecule has 1 N–H and O–H groups in total. The van der Waals surface area contributed by atoms with Gasteiger partial charge in [-0.25, -0.2) is 0 Å². The Hall–Kier alpha value is -3.12. The molecule has 0 amide bonds. The first-order chi connectivity index (χ1) is 31.5. The van der Waals surface area contributed by atoms with Crippen LogP contribution in [-0.2, 0) is 15.1 Å². The van der Waals surface area contributed by atoms with E-state index in [1.165, 1.54) is 103 Å². The average molecular weight is 889 g/mol. The van der Waals surface area contributed by atoms with Gasteiger partial charge < -0.3 is 24.1 Å². The van der Waals surface area contributed by atoms with E-state index in [2.05, 4.69) is 89.2 Å². The Morgan fingerprint density at radius 3 is 1.91 bits per heavy atom. The molecule has 5 heteroatoms. The van der Waals surface area contributed by atoms with Crippen molar-refractivity contribution < 1.29 is 24.1 Å². The SMILES string of the molecule is COc1ccc(C(OCCC(O)CCCCCCCCCO[C@H]2CC[C@@]3(C)C(=CC[C@H]4[C@@H]5CC[C@H]([C@H](C)CCCC(C)C)[C@@]5(C)CC[C@@H]43)C2)(c2ccccc2)c2ccc(OC)cc2)cc1. The Bertz CT molecular complexity index is 1840. The molecule has 9 atom stereocenters. The third-order valence-corrected chi connectivity index (χ3v) is 17.7. The molecule has 358 valence electrons. The van der Waals surface area contributed by atoms with Gasteiger partial charge in [-0.1, -0.05) is 159 Å². The first kappa shape index (κ1) is 49.8. The van der Waals surface area contributed by atoms with Gasteiger partial charge in [-0.15, -0.1) is 0 Å². The molecule has 3 aromatic carbocycles. The minimum absolute atomic E-state index is 0.396. The van der Waals surface area contributed by atoms with Gasteiger partial charge in [0.25, 0.3) is 0 Å². The third-order valence-electron chi connectivity index (χ3n) is 17.7. The van der Waals surface area contributed by atoms with Crippen LogP contribution in [0.1, 0.15) is 180 Å². The van der Waals surface area contributed by atoms with E-state index in [0.717, 1.165) is 89.6 Å². The van der Waals surface area contributed by atoms with Crippen LogP contribution in [0.25, 0.3) is 0 Å². The number of unbranched alkanes of at least 4 members (excludes halogenated alkanes) is 6. The van der Waals surface area contributed by atoms with E-state index >= 15 is 0 Å². The summed E-state index contributed by atoms with van der Waals surface area (Å²) < 4.78 is 24.6. The molecule has 0 heterocycles. The molecule has 3 saturated carbocycles. The lowest BCUT2D eigenvalue weighted by molar-refractivity contribution is -0.0641. The Morgan fingerprint density at radius 1 is 0.631 bits per heavy atom. The summed E-state index contributed by atoms with van der Waals surface area (Å²) in [6.45, 7) is 14.1. The molecule has 7 rings (SSSR count). The van der Waals surface area contributed by atoms with Crippen molar-refractivity contribution in [1.82, 2.24) is 0 Å². The molecule has 0 aromatic heterocycles. The first-order valence-corrected chi connectivity index (χ1v) is 26.5. The lowest BCUT2D eigenvalue weighted by Crippen LogP contribution is -2.51. The van der Waals surface area contributed by atoms with Gasteiger partial charge in [0.05, 0.1) is 33.0 Å². The molecular formula is C60H88O5. The number of benzene rings is 3. The molecule has 0 bridgehead atoms. The van der Waals surface area contributed by atoms with E-state index in [4.69, 9.17) is 18.9 Å². The van der Waals surface area contributed by atoms with Gasteiger partial charge in [-0.3, -0.25) is 0 Å². The predicted octanol–water partition coefficient (Wildman–Crippen LogP) is 15.3. The number of ether oxygens (including phenoxy) is 4. The molecule has 4 aliphatic rings. The fourth-order valence-electron chi connectivity index (χ4n) is 14.0. The second-order valence-corrected chi connectivity index (χ2v) is 22.1. The molecule has 65 heavy (non-hydrogen) atoms. The van der Waals surface area contributed by atoms with Crippen LogP contribution in [0.3, 0.4) is 0 Å². The van der Waals surface area contributed by atoms with Gasteiger partial charge in [0, 0.05) is 6.61 Å². The zero-order valence-corrected chi connectivity index (χ0v) is 41.8. The summed E-state index contributed by atoms with van der Waals surface area (Å²) in [7, 11) is 3.37. The minimum atomic E-state index is -0.859. The zero-order chi connectivity index (χ0) is 45.9. The highest BCUT2D eigenvalue weighted by atomic mass is 16.5. The van der Waals surface area contributed by atoms with E-state index in [9.17, 15) is 5.11 Å². The summed E-state index contributed by atoms with van der Waals surface area (Å²) in [4.78, 5) is 0. The van der Waals surface area contributed by atoms with Gasteiger partial charge in [0.15, 0.2) is 0 Å². The van der Waals surface area contributed by atoms with E-state index in [0.29, 0.717) is 30.0 Å². The maximum Gasteiger partial charge on any atom is 0.143 e. The molecule has 4 aliphatic carbocycles. The Kier molecular flexibility index (Phi) is 17.8. The van der Waals surface area contributed by atoms with Crippen LogP contribution in [0.15, 0.2) is 90.5 Å². The van der Waals surface area contributed by atoms with E-state index in [1.807, 2.05) is 30.3 Å². The largest absolute Gasteiger partial charge is 0.497 e. The lowest BCUT2D eigenvalue weighted by Gasteiger charge is -2.58. The van der Waals surface area contributed by atoms with Crippen LogP contribution < -0.4 is 9.47 Å². The van der Waals surface area contributed by atoms with Crippen molar-refractivity contribution >= 4 is 0 Å². The number of fused-ring (bicyclic) bond motifs is 5. The molecule has 0 radical (unpaired) electrons. The zero-order valence-electron chi connectivity index (χ0n) is 41.8. The number of methoxy groups -OCH3 is 2. The number of aliphatic hydroxyl groups excluding tert-OH is 1. The van der Waals surface area contributed by atoms with Crippen LogP contribution in [0.2, 0.25) is 0 Å². The van der Waals surface area contributed by atoms with Crippen LogP contribution in [-0.4, -0.2) is 44.7 Å². The molecular weight excluding hydrogens is 801 g/mol. The highest BCUT2D eigenvalue weighted by molar-refractivity contribution is 5.49. The second-order valence-electron chi connectivity index (χ2n) is 22.1. The smallest absolute Gasteiger partial charge is 0.143 e. The average Bonchev–Trinajstić information content (AvgIpc) is 3.68.